The van der Waals surface area contributed by atoms with E-state index >= 15 is 0 Å². The van der Waals surface area contributed by atoms with Crippen molar-refractivity contribution in [2.24, 2.45) is 0 Å². The number of aliphatic hydroxyl groups is 1. The van der Waals surface area contributed by atoms with E-state index in [1.54, 1.807) is 6.92 Å². The number of rotatable bonds is 2. The van der Waals surface area contributed by atoms with Gasteiger partial charge in [-0.3, -0.25) is 4.79 Å². The number of aliphatic hydroxyl groups excluding tert-OH is 1. The van der Waals surface area contributed by atoms with E-state index in [2.05, 4.69) is 0 Å². The van der Waals surface area contributed by atoms with Gasteiger partial charge in [-0.15, -0.1) is 0 Å². The molecule has 0 spiro atoms. The number of alkyl halides is 3. The number of amides is 1. The molecule has 1 aliphatic heterocycles. The van der Waals surface area contributed by atoms with E-state index in [9.17, 15) is 23.1 Å². The fourth-order valence-electron chi connectivity index (χ4n) is 2.22. The zero-order valence-corrected chi connectivity index (χ0v) is 11.5. The summed E-state index contributed by atoms with van der Waals surface area (Å²) >= 11 is 0. The first-order chi connectivity index (χ1) is 9.77. The molecule has 0 saturated carbocycles. The highest BCUT2D eigenvalue weighted by Crippen LogP contribution is 2.30. The summed E-state index contributed by atoms with van der Waals surface area (Å²) in [6.07, 6.45) is -2.91. The summed E-state index contributed by atoms with van der Waals surface area (Å²) in [5, 5.41) is 9.39. The van der Waals surface area contributed by atoms with E-state index in [0.29, 0.717) is 30.6 Å². The van der Waals surface area contributed by atoms with E-state index < -0.39 is 17.8 Å². The minimum atomic E-state index is -4.36. The summed E-state index contributed by atoms with van der Waals surface area (Å²) in [4.78, 5) is 13.5. The van der Waals surface area contributed by atoms with Gasteiger partial charge in [0.15, 0.2) is 0 Å². The zero-order chi connectivity index (χ0) is 15.6. The standard InChI is InChI=1S/C15H16F3NO2/c1-10(8-14(21)19-7-6-13(20)9-19)11-2-4-12(5-3-11)15(16,17)18/h2-5,8,13,20H,6-7,9H2,1H3/b10-8-/t13-/m1/s1. The molecule has 2 rings (SSSR count). The average molecular weight is 299 g/mol. The molecule has 21 heavy (non-hydrogen) atoms. The molecule has 1 saturated heterocycles. The van der Waals surface area contributed by atoms with Gasteiger partial charge in [0.2, 0.25) is 5.91 Å². The van der Waals surface area contributed by atoms with Gasteiger partial charge in [0.05, 0.1) is 11.7 Å². The number of nitrogens with zero attached hydrogens (tertiary/aromatic N) is 1. The van der Waals surface area contributed by atoms with E-state index in [1.165, 1.54) is 23.1 Å². The summed E-state index contributed by atoms with van der Waals surface area (Å²) < 4.78 is 37.4. The lowest BCUT2D eigenvalue weighted by atomic mass is 10.0. The number of carbonyl (C=O) groups is 1. The van der Waals surface area contributed by atoms with Crippen molar-refractivity contribution in [3.8, 4) is 0 Å². The Balaban J connectivity index is 2.10. The number of hydrogen-bond donors (Lipinski definition) is 1. The van der Waals surface area contributed by atoms with Gasteiger partial charge in [0.25, 0.3) is 0 Å². The smallest absolute Gasteiger partial charge is 0.391 e. The normalized spacial score (nSPS) is 20.0. The zero-order valence-electron chi connectivity index (χ0n) is 11.5. The molecule has 1 N–H and O–H groups in total. The molecule has 0 aliphatic carbocycles. The number of allylic oxidation sites excluding steroid dienone is 1. The highest BCUT2D eigenvalue weighted by molar-refractivity contribution is 5.95. The van der Waals surface area contributed by atoms with E-state index in [-0.39, 0.29) is 5.91 Å². The van der Waals surface area contributed by atoms with Crippen LogP contribution >= 0.6 is 0 Å². The van der Waals surface area contributed by atoms with Crippen LogP contribution < -0.4 is 0 Å². The minimum absolute atomic E-state index is 0.232. The molecular weight excluding hydrogens is 283 g/mol. The Morgan fingerprint density at radius 3 is 2.43 bits per heavy atom. The molecule has 0 radical (unpaired) electrons. The van der Waals surface area contributed by atoms with Crippen molar-refractivity contribution >= 4 is 11.5 Å². The van der Waals surface area contributed by atoms with Gasteiger partial charge in [-0.2, -0.15) is 13.2 Å². The molecule has 0 bridgehead atoms. The summed E-state index contributed by atoms with van der Waals surface area (Å²) in [6.45, 7) is 2.47. The third-order valence-electron chi connectivity index (χ3n) is 3.48. The predicted octanol–water partition coefficient (Wildman–Crippen LogP) is 2.70. The van der Waals surface area contributed by atoms with Crippen LogP contribution in [0.15, 0.2) is 30.3 Å². The number of halogens is 3. The van der Waals surface area contributed by atoms with Crippen molar-refractivity contribution < 1.29 is 23.1 Å². The van der Waals surface area contributed by atoms with Crippen LogP contribution in [-0.2, 0) is 11.0 Å². The Labute approximate surface area is 120 Å². The van der Waals surface area contributed by atoms with Gasteiger partial charge >= 0.3 is 6.18 Å². The molecule has 6 heteroatoms. The predicted molar refractivity (Wildman–Crippen MR) is 72.3 cm³/mol. The van der Waals surface area contributed by atoms with Gasteiger partial charge in [-0.05, 0) is 36.6 Å². The molecule has 0 aromatic heterocycles. The van der Waals surface area contributed by atoms with Gasteiger partial charge in [-0.25, -0.2) is 0 Å². The van der Waals surface area contributed by atoms with Gasteiger partial charge in [0.1, 0.15) is 0 Å². The summed E-state index contributed by atoms with van der Waals surface area (Å²) in [7, 11) is 0. The minimum Gasteiger partial charge on any atom is -0.391 e. The molecule has 1 amide bonds. The van der Waals surface area contributed by atoms with Crippen LogP contribution in [0.1, 0.15) is 24.5 Å². The maximum absolute atomic E-state index is 12.5. The Morgan fingerprint density at radius 1 is 1.33 bits per heavy atom. The molecule has 1 atom stereocenters. The lowest BCUT2D eigenvalue weighted by molar-refractivity contribution is -0.137. The first-order valence-corrected chi connectivity index (χ1v) is 6.60. The Kier molecular flexibility index (Phi) is 4.37. The fourth-order valence-corrected chi connectivity index (χ4v) is 2.22. The van der Waals surface area contributed by atoms with Crippen LogP contribution in [0, 0.1) is 0 Å². The number of likely N-dealkylation sites (tertiary alicyclic amines) is 1. The quantitative estimate of drug-likeness (QED) is 0.853. The Morgan fingerprint density at radius 2 is 1.95 bits per heavy atom. The third-order valence-corrected chi connectivity index (χ3v) is 3.48. The van der Waals surface area contributed by atoms with Gasteiger partial charge in [-0.1, -0.05) is 12.1 Å². The second-order valence-corrected chi connectivity index (χ2v) is 5.13. The fraction of sp³-hybridized carbons (Fsp3) is 0.400. The number of carbonyl (C=O) groups excluding carboxylic acids is 1. The highest BCUT2D eigenvalue weighted by atomic mass is 19.4. The van der Waals surface area contributed by atoms with Gasteiger partial charge in [0, 0.05) is 19.2 Å². The number of hydrogen-bond acceptors (Lipinski definition) is 2. The second-order valence-electron chi connectivity index (χ2n) is 5.13. The first kappa shape index (κ1) is 15.6. The SMILES string of the molecule is C/C(=C/C(=O)N1CC[C@@H](O)C1)c1ccc(C(F)(F)F)cc1. The van der Waals surface area contributed by atoms with Crippen molar-refractivity contribution in [3.63, 3.8) is 0 Å². The molecule has 1 aromatic rings. The van der Waals surface area contributed by atoms with Crippen molar-refractivity contribution in [1.82, 2.24) is 4.90 Å². The number of β-amino-alcohol motifs (C(OH)–C–C–N with tert-alkyl or cyclic N) is 1. The summed E-state index contributed by atoms with van der Waals surface area (Å²) in [5.74, 6) is -0.232. The maximum atomic E-state index is 12.5. The van der Waals surface area contributed by atoms with Crippen LogP contribution in [0.2, 0.25) is 0 Å². The van der Waals surface area contributed by atoms with Crippen molar-refractivity contribution in [1.29, 1.82) is 0 Å². The first-order valence-electron chi connectivity index (χ1n) is 6.60. The van der Waals surface area contributed by atoms with Crippen LogP contribution in [0.5, 0.6) is 0 Å². The molecule has 1 aliphatic rings. The molecular formula is C15H16F3NO2. The average Bonchev–Trinajstić information content (AvgIpc) is 2.84. The van der Waals surface area contributed by atoms with Crippen molar-refractivity contribution in [2.45, 2.75) is 25.6 Å². The van der Waals surface area contributed by atoms with Crippen LogP contribution in [-0.4, -0.2) is 35.1 Å². The Bertz CT molecular complexity index is 549. The molecule has 0 unspecified atom stereocenters. The van der Waals surface area contributed by atoms with E-state index in [4.69, 9.17) is 0 Å². The van der Waals surface area contributed by atoms with Crippen LogP contribution in [0.25, 0.3) is 5.57 Å². The van der Waals surface area contributed by atoms with E-state index in [0.717, 1.165) is 12.1 Å². The monoisotopic (exact) mass is 299 g/mol. The summed E-state index contributed by atoms with van der Waals surface area (Å²) in [5.41, 5.74) is 0.444. The lowest BCUT2D eigenvalue weighted by Crippen LogP contribution is -2.27. The largest absolute Gasteiger partial charge is 0.416 e. The third kappa shape index (κ3) is 3.85. The maximum Gasteiger partial charge on any atom is 0.416 e. The highest BCUT2D eigenvalue weighted by Gasteiger charge is 2.30. The van der Waals surface area contributed by atoms with E-state index in [1.807, 2.05) is 0 Å². The number of benzene rings is 1. The van der Waals surface area contributed by atoms with Crippen molar-refractivity contribution in [3.05, 3.63) is 41.5 Å². The molecule has 1 aromatic carbocycles. The lowest BCUT2D eigenvalue weighted by Gasteiger charge is -2.13. The van der Waals surface area contributed by atoms with Gasteiger partial charge < -0.3 is 10.0 Å². The molecule has 1 heterocycles. The molecule has 3 nitrogen and oxygen atoms in total. The van der Waals surface area contributed by atoms with Crippen LogP contribution in [0.4, 0.5) is 13.2 Å². The van der Waals surface area contributed by atoms with Crippen LogP contribution in [0.3, 0.4) is 0 Å². The summed E-state index contributed by atoms with van der Waals surface area (Å²) in [6, 6.07) is 4.69. The molecule has 114 valence electrons. The topological polar surface area (TPSA) is 40.5 Å². The Hall–Kier alpha value is -1.82. The van der Waals surface area contributed by atoms with Crippen molar-refractivity contribution in [2.75, 3.05) is 13.1 Å². The molecule has 1 fully saturated rings. The second kappa shape index (κ2) is 5.89.